The molecule has 0 aliphatic heterocycles. The Labute approximate surface area is 83.6 Å². The molecule has 15 heavy (non-hydrogen) atoms. The van der Waals surface area contributed by atoms with Crippen LogP contribution in [0, 0.1) is 11.3 Å². The minimum atomic E-state index is -2.04. The minimum absolute atomic E-state index is 0.163. The molecule has 8 nitrogen and oxygen atoms in total. The van der Waals surface area contributed by atoms with Crippen molar-refractivity contribution in [2.24, 2.45) is 0 Å². The molecule has 0 radical (unpaired) electrons. The van der Waals surface area contributed by atoms with Gasteiger partial charge in [0.15, 0.2) is 11.9 Å². The Balaban J connectivity index is 3.07. The van der Waals surface area contributed by atoms with Crippen molar-refractivity contribution in [3.63, 3.8) is 0 Å². The van der Waals surface area contributed by atoms with Gasteiger partial charge in [0.1, 0.15) is 17.7 Å². The first-order chi connectivity index (χ1) is 6.99. The molecule has 0 spiro atoms. The third-order valence-corrected chi connectivity index (χ3v) is 1.78. The number of nitriles is 1. The standard InChI is InChI=1S/C7H8N4O4/c8-1-2-3(10-11-6(2)9)4(12)5(13)7(14)15/h4-5,12-13H,(H,14,15)(H3,9,10,11). The molecule has 0 aromatic carbocycles. The molecule has 1 rings (SSSR count). The number of aliphatic hydroxyl groups excluding tert-OH is 2. The Morgan fingerprint density at radius 1 is 1.60 bits per heavy atom. The highest BCUT2D eigenvalue weighted by Gasteiger charge is 2.29. The Morgan fingerprint density at radius 2 is 2.20 bits per heavy atom. The van der Waals surface area contributed by atoms with Crippen LogP contribution in [-0.4, -0.2) is 37.6 Å². The third kappa shape index (κ3) is 1.88. The number of nitrogens with one attached hydrogen (secondary N) is 1. The van der Waals surface area contributed by atoms with Gasteiger partial charge in [0, 0.05) is 0 Å². The van der Waals surface area contributed by atoms with Crippen molar-refractivity contribution in [1.82, 2.24) is 10.2 Å². The van der Waals surface area contributed by atoms with Gasteiger partial charge < -0.3 is 21.1 Å². The zero-order valence-electron chi connectivity index (χ0n) is 7.38. The molecule has 1 heterocycles. The van der Waals surface area contributed by atoms with Crippen LogP contribution in [0.4, 0.5) is 5.82 Å². The molecular formula is C7H8N4O4. The molecule has 2 atom stereocenters. The lowest BCUT2D eigenvalue weighted by Gasteiger charge is -2.11. The van der Waals surface area contributed by atoms with Crippen LogP contribution in [0.25, 0.3) is 0 Å². The maximum atomic E-state index is 10.4. The number of carbonyl (C=O) groups is 1. The second-order valence-electron chi connectivity index (χ2n) is 2.74. The molecule has 6 N–H and O–H groups in total. The first-order valence-electron chi connectivity index (χ1n) is 3.81. The number of nitrogens with two attached hydrogens (primary N) is 1. The highest BCUT2D eigenvalue weighted by Crippen LogP contribution is 2.22. The zero-order valence-corrected chi connectivity index (χ0v) is 7.38. The molecule has 0 saturated heterocycles. The molecule has 0 saturated carbocycles. The largest absolute Gasteiger partial charge is 0.479 e. The number of aromatic nitrogens is 2. The summed E-state index contributed by atoms with van der Waals surface area (Å²) in [5.41, 5.74) is 4.87. The smallest absolute Gasteiger partial charge is 0.335 e. The molecular weight excluding hydrogens is 204 g/mol. The van der Waals surface area contributed by atoms with Crippen molar-refractivity contribution >= 4 is 11.8 Å². The minimum Gasteiger partial charge on any atom is -0.479 e. The number of hydrogen-bond donors (Lipinski definition) is 5. The number of H-pyrrole nitrogens is 1. The van der Waals surface area contributed by atoms with E-state index in [0.29, 0.717) is 0 Å². The van der Waals surface area contributed by atoms with Crippen LogP contribution in [0.2, 0.25) is 0 Å². The Hall–Kier alpha value is -2.11. The number of aromatic amines is 1. The maximum Gasteiger partial charge on any atom is 0.335 e. The maximum absolute atomic E-state index is 10.4. The topological polar surface area (TPSA) is 156 Å². The Bertz CT molecular complexity index is 421. The summed E-state index contributed by atoms with van der Waals surface area (Å²) in [6.07, 6.45) is -3.82. The van der Waals surface area contributed by atoms with E-state index < -0.39 is 18.2 Å². The van der Waals surface area contributed by atoms with E-state index >= 15 is 0 Å². The van der Waals surface area contributed by atoms with Crippen molar-refractivity contribution in [3.05, 3.63) is 11.3 Å². The van der Waals surface area contributed by atoms with Crippen molar-refractivity contribution in [2.45, 2.75) is 12.2 Å². The van der Waals surface area contributed by atoms with E-state index in [1.54, 1.807) is 6.07 Å². The van der Waals surface area contributed by atoms with Crippen LogP contribution in [-0.2, 0) is 4.79 Å². The van der Waals surface area contributed by atoms with Gasteiger partial charge in [-0.25, -0.2) is 4.79 Å². The highest BCUT2D eigenvalue weighted by molar-refractivity contribution is 5.73. The lowest BCUT2D eigenvalue weighted by molar-refractivity contribution is -0.153. The van der Waals surface area contributed by atoms with Gasteiger partial charge in [-0.15, -0.1) is 0 Å². The van der Waals surface area contributed by atoms with Crippen LogP contribution in [0.3, 0.4) is 0 Å². The van der Waals surface area contributed by atoms with Gasteiger partial charge in [-0.1, -0.05) is 0 Å². The second kappa shape index (κ2) is 3.95. The quantitative estimate of drug-likeness (QED) is 0.401. The van der Waals surface area contributed by atoms with Gasteiger partial charge in [0.25, 0.3) is 0 Å². The predicted molar refractivity (Wildman–Crippen MR) is 46.3 cm³/mol. The zero-order chi connectivity index (χ0) is 11.6. The fourth-order valence-electron chi connectivity index (χ4n) is 0.995. The number of aliphatic hydroxyl groups is 2. The number of aliphatic carboxylic acids is 1. The van der Waals surface area contributed by atoms with Crippen LogP contribution >= 0.6 is 0 Å². The fraction of sp³-hybridized carbons (Fsp3) is 0.286. The van der Waals surface area contributed by atoms with Crippen LogP contribution < -0.4 is 5.73 Å². The van der Waals surface area contributed by atoms with Gasteiger partial charge in [-0.05, 0) is 0 Å². The van der Waals surface area contributed by atoms with Gasteiger partial charge >= 0.3 is 5.97 Å². The monoisotopic (exact) mass is 212 g/mol. The van der Waals surface area contributed by atoms with Gasteiger partial charge in [-0.3, -0.25) is 5.10 Å². The molecule has 0 aliphatic rings. The van der Waals surface area contributed by atoms with Crippen LogP contribution in [0.1, 0.15) is 17.4 Å². The number of anilines is 1. The van der Waals surface area contributed by atoms with Gasteiger partial charge in [-0.2, -0.15) is 10.4 Å². The number of hydrogen-bond acceptors (Lipinski definition) is 6. The fourth-order valence-corrected chi connectivity index (χ4v) is 0.995. The molecule has 80 valence electrons. The summed E-state index contributed by atoms with van der Waals surface area (Å²) in [5.74, 6) is -1.77. The third-order valence-electron chi connectivity index (χ3n) is 1.78. The van der Waals surface area contributed by atoms with E-state index in [2.05, 4.69) is 10.2 Å². The molecule has 1 aromatic rings. The van der Waals surface area contributed by atoms with Crippen molar-refractivity contribution < 1.29 is 20.1 Å². The Morgan fingerprint density at radius 3 is 2.67 bits per heavy atom. The average Bonchev–Trinajstić information content (AvgIpc) is 2.57. The number of rotatable bonds is 3. The summed E-state index contributed by atoms with van der Waals surface area (Å²) in [7, 11) is 0. The molecule has 0 aliphatic carbocycles. The summed E-state index contributed by atoms with van der Waals surface area (Å²) in [6.45, 7) is 0. The molecule has 0 bridgehead atoms. The number of nitrogens with zero attached hydrogens (tertiary/aromatic N) is 2. The van der Waals surface area contributed by atoms with Crippen molar-refractivity contribution in [3.8, 4) is 6.07 Å². The van der Waals surface area contributed by atoms with Crippen molar-refractivity contribution in [2.75, 3.05) is 5.73 Å². The summed E-state index contributed by atoms with van der Waals surface area (Å²) in [4.78, 5) is 10.4. The first kappa shape index (κ1) is 11.0. The second-order valence-corrected chi connectivity index (χ2v) is 2.74. The molecule has 1 aromatic heterocycles. The van der Waals surface area contributed by atoms with E-state index in [1.807, 2.05) is 0 Å². The number of carboxylic acid groups (broad SMARTS) is 1. The van der Waals surface area contributed by atoms with Gasteiger partial charge in [0.05, 0.1) is 5.69 Å². The summed E-state index contributed by atoms with van der Waals surface area (Å²) in [5, 5.41) is 41.1. The normalized spacial score (nSPS) is 14.2. The number of carboxylic acids is 1. The average molecular weight is 212 g/mol. The molecule has 8 heteroatoms. The number of nitrogen functional groups attached to an aromatic ring is 1. The SMILES string of the molecule is N#Cc1c(N)n[nH]c1C(O)C(O)C(=O)O. The van der Waals surface area contributed by atoms with Crippen LogP contribution in [0.5, 0.6) is 0 Å². The summed E-state index contributed by atoms with van der Waals surface area (Å²) >= 11 is 0. The van der Waals surface area contributed by atoms with Crippen molar-refractivity contribution in [1.29, 1.82) is 5.26 Å². The Kier molecular flexibility index (Phi) is 2.89. The summed E-state index contributed by atoms with van der Waals surface area (Å²) < 4.78 is 0. The van der Waals surface area contributed by atoms with E-state index in [-0.39, 0.29) is 17.1 Å². The van der Waals surface area contributed by atoms with E-state index in [0.717, 1.165) is 0 Å². The molecule has 0 fully saturated rings. The lowest BCUT2D eigenvalue weighted by Crippen LogP contribution is -2.28. The molecule has 0 amide bonds. The van der Waals surface area contributed by atoms with Crippen LogP contribution in [0.15, 0.2) is 0 Å². The highest BCUT2D eigenvalue weighted by atomic mass is 16.4. The van der Waals surface area contributed by atoms with Gasteiger partial charge in [0.2, 0.25) is 0 Å². The lowest BCUT2D eigenvalue weighted by atomic mass is 10.1. The predicted octanol–water partition coefficient (Wildman–Crippen LogP) is -1.66. The first-order valence-corrected chi connectivity index (χ1v) is 3.81. The molecule has 2 unspecified atom stereocenters. The van der Waals surface area contributed by atoms with E-state index in [4.69, 9.17) is 21.2 Å². The summed E-state index contributed by atoms with van der Waals surface area (Å²) in [6, 6.07) is 1.64. The van der Waals surface area contributed by atoms with E-state index in [1.165, 1.54) is 0 Å². The van der Waals surface area contributed by atoms with E-state index in [9.17, 15) is 9.90 Å².